The maximum absolute atomic E-state index is 12.7. The number of aryl methyl sites for hydroxylation is 2. The smallest absolute Gasteiger partial charge is 0.270 e. The first-order valence-corrected chi connectivity index (χ1v) is 7.63. The lowest BCUT2D eigenvalue weighted by Crippen LogP contribution is -2.30. The van der Waals surface area contributed by atoms with E-state index in [2.05, 4.69) is 32.5 Å². The van der Waals surface area contributed by atoms with Crippen molar-refractivity contribution in [1.29, 1.82) is 0 Å². The number of nitrogens with one attached hydrogen (secondary N) is 1. The average Bonchev–Trinajstić information content (AvgIpc) is 3.00. The SMILES string of the molecule is CC[C@H](NC(=O)c1cc(C)nc2ncnn12)c1ccc(C)cc1. The third kappa shape index (κ3) is 3.06. The minimum absolute atomic E-state index is 0.0462. The van der Waals surface area contributed by atoms with Crippen molar-refractivity contribution < 1.29 is 4.79 Å². The molecule has 0 radical (unpaired) electrons. The van der Waals surface area contributed by atoms with Crippen LogP contribution in [0.4, 0.5) is 0 Å². The average molecular weight is 309 g/mol. The molecule has 118 valence electrons. The lowest BCUT2D eigenvalue weighted by Gasteiger charge is -2.18. The van der Waals surface area contributed by atoms with Gasteiger partial charge in [0.25, 0.3) is 11.7 Å². The number of carbonyl (C=O) groups is 1. The summed E-state index contributed by atoms with van der Waals surface area (Å²) in [6.07, 6.45) is 2.20. The van der Waals surface area contributed by atoms with Crippen molar-refractivity contribution in [2.24, 2.45) is 0 Å². The van der Waals surface area contributed by atoms with Crippen LogP contribution in [0.1, 0.15) is 46.7 Å². The van der Waals surface area contributed by atoms with Crippen molar-refractivity contribution in [1.82, 2.24) is 24.9 Å². The Hall–Kier alpha value is -2.76. The molecule has 1 N–H and O–H groups in total. The van der Waals surface area contributed by atoms with E-state index in [-0.39, 0.29) is 11.9 Å². The molecule has 3 rings (SSSR count). The first-order chi connectivity index (χ1) is 11.1. The predicted octanol–water partition coefficient (Wildman–Crippen LogP) is 2.62. The van der Waals surface area contributed by atoms with E-state index < -0.39 is 0 Å². The van der Waals surface area contributed by atoms with E-state index in [1.54, 1.807) is 6.07 Å². The Morgan fingerprint density at radius 2 is 2.00 bits per heavy atom. The van der Waals surface area contributed by atoms with Gasteiger partial charge in [0.05, 0.1) is 6.04 Å². The number of amides is 1. The molecule has 6 nitrogen and oxygen atoms in total. The first kappa shape index (κ1) is 15.1. The van der Waals surface area contributed by atoms with Gasteiger partial charge in [0.2, 0.25) is 0 Å². The van der Waals surface area contributed by atoms with Crippen LogP contribution in [0.2, 0.25) is 0 Å². The molecule has 0 aliphatic carbocycles. The van der Waals surface area contributed by atoms with E-state index in [0.717, 1.165) is 17.7 Å². The molecule has 0 aliphatic heterocycles. The highest BCUT2D eigenvalue weighted by atomic mass is 16.2. The summed E-state index contributed by atoms with van der Waals surface area (Å²) < 4.78 is 1.46. The summed E-state index contributed by atoms with van der Waals surface area (Å²) in [6.45, 7) is 5.93. The lowest BCUT2D eigenvalue weighted by atomic mass is 10.0. The van der Waals surface area contributed by atoms with Gasteiger partial charge in [0, 0.05) is 5.69 Å². The van der Waals surface area contributed by atoms with Gasteiger partial charge in [-0.15, -0.1) is 0 Å². The molecule has 0 spiro atoms. The number of carbonyl (C=O) groups excluding carboxylic acids is 1. The number of aromatic nitrogens is 4. The first-order valence-electron chi connectivity index (χ1n) is 7.63. The van der Waals surface area contributed by atoms with Crippen LogP contribution in [0.25, 0.3) is 5.78 Å². The highest BCUT2D eigenvalue weighted by Gasteiger charge is 2.18. The zero-order chi connectivity index (χ0) is 16.4. The second kappa shape index (κ2) is 6.16. The molecule has 0 saturated heterocycles. The van der Waals surface area contributed by atoms with Crippen molar-refractivity contribution in [2.75, 3.05) is 0 Å². The number of hydrogen-bond donors (Lipinski definition) is 1. The van der Waals surface area contributed by atoms with Crippen LogP contribution in [-0.4, -0.2) is 25.5 Å². The van der Waals surface area contributed by atoms with E-state index in [9.17, 15) is 4.79 Å². The minimum atomic E-state index is -0.182. The van der Waals surface area contributed by atoms with E-state index in [0.29, 0.717) is 11.5 Å². The molecule has 6 heteroatoms. The van der Waals surface area contributed by atoms with Crippen LogP contribution >= 0.6 is 0 Å². The fourth-order valence-electron chi connectivity index (χ4n) is 2.54. The predicted molar refractivity (Wildman–Crippen MR) is 87.2 cm³/mol. The number of rotatable bonds is 4. The summed E-state index contributed by atoms with van der Waals surface area (Å²) in [7, 11) is 0. The molecule has 23 heavy (non-hydrogen) atoms. The maximum Gasteiger partial charge on any atom is 0.270 e. The van der Waals surface area contributed by atoms with Gasteiger partial charge in [0.15, 0.2) is 0 Å². The Labute approximate surface area is 134 Å². The quantitative estimate of drug-likeness (QED) is 0.804. The van der Waals surface area contributed by atoms with Crippen molar-refractivity contribution in [3.05, 3.63) is 59.2 Å². The summed E-state index contributed by atoms with van der Waals surface area (Å²) in [5.41, 5.74) is 3.46. The third-order valence-corrected chi connectivity index (χ3v) is 3.81. The van der Waals surface area contributed by atoms with Crippen LogP contribution < -0.4 is 5.32 Å². The van der Waals surface area contributed by atoms with Crippen LogP contribution in [0.15, 0.2) is 36.7 Å². The zero-order valence-electron chi connectivity index (χ0n) is 13.4. The molecule has 2 aromatic heterocycles. The van der Waals surface area contributed by atoms with Crippen LogP contribution in [0.5, 0.6) is 0 Å². The van der Waals surface area contributed by atoms with Crippen molar-refractivity contribution >= 4 is 11.7 Å². The molecule has 0 fully saturated rings. The molecule has 3 aromatic rings. The van der Waals surface area contributed by atoms with Gasteiger partial charge in [0.1, 0.15) is 12.0 Å². The third-order valence-electron chi connectivity index (χ3n) is 3.81. The van der Waals surface area contributed by atoms with Crippen LogP contribution in [0.3, 0.4) is 0 Å². The van der Waals surface area contributed by atoms with Gasteiger partial charge in [-0.05, 0) is 31.9 Å². The molecular formula is C17H19N5O. The fraction of sp³-hybridized carbons (Fsp3) is 0.294. The van der Waals surface area contributed by atoms with Crippen molar-refractivity contribution in [2.45, 2.75) is 33.2 Å². The van der Waals surface area contributed by atoms with Gasteiger partial charge in [-0.25, -0.2) is 4.98 Å². The molecule has 2 heterocycles. The summed E-state index contributed by atoms with van der Waals surface area (Å²) in [5, 5.41) is 7.15. The number of benzene rings is 1. The van der Waals surface area contributed by atoms with Gasteiger partial charge in [-0.3, -0.25) is 4.79 Å². The standard InChI is InChI=1S/C17H19N5O/c1-4-14(13-7-5-11(2)6-8-13)21-16(23)15-9-12(3)20-17-18-10-19-22(15)17/h5-10,14H,4H2,1-3H3,(H,21,23)/t14-/m0/s1. The Morgan fingerprint density at radius 3 is 2.70 bits per heavy atom. The van der Waals surface area contributed by atoms with E-state index in [4.69, 9.17) is 0 Å². The molecule has 0 unspecified atom stereocenters. The summed E-state index contributed by atoms with van der Waals surface area (Å²) in [4.78, 5) is 21.0. The number of hydrogen-bond acceptors (Lipinski definition) is 4. The van der Waals surface area contributed by atoms with Crippen molar-refractivity contribution in [3.8, 4) is 0 Å². The largest absolute Gasteiger partial charge is 0.344 e. The van der Waals surface area contributed by atoms with Crippen LogP contribution in [0, 0.1) is 13.8 Å². The summed E-state index contributed by atoms with van der Waals surface area (Å²) >= 11 is 0. The highest BCUT2D eigenvalue weighted by molar-refractivity contribution is 5.93. The van der Waals surface area contributed by atoms with Gasteiger partial charge in [-0.2, -0.15) is 14.6 Å². The van der Waals surface area contributed by atoms with Gasteiger partial charge < -0.3 is 5.32 Å². The van der Waals surface area contributed by atoms with E-state index in [1.165, 1.54) is 16.4 Å². The minimum Gasteiger partial charge on any atom is -0.344 e. The molecule has 1 aromatic carbocycles. The molecule has 1 atom stereocenters. The monoisotopic (exact) mass is 309 g/mol. The summed E-state index contributed by atoms with van der Waals surface area (Å²) in [5.74, 6) is 0.247. The van der Waals surface area contributed by atoms with Crippen LogP contribution in [-0.2, 0) is 0 Å². The molecule has 0 aliphatic rings. The summed E-state index contributed by atoms with van der Waals surface area (Å²) in [6, 6.07) is 9.88. The van der Waals surface area contributed by atoms with E-state index in [1.807, 2.05) is 32.9 Å². The second-order valence-electron chi connectivity index (χ2n) is 5.60. The molecular weight excluding hydrogens is 290 g/mol. The van der Waals surface area contributed by atoms with Gasteiger partial charge in [-0.1, -0.05) is 36.8 Å². The number of fused-ring (bicyclic) bond motifs is 1. The molecule has 1 amide bonds. The Kier molecular flexibility index (Phi) is 4.06. The number of nitrogens with zero attached hydrogens (tertiary/aromatic N) is 4. The zero-order valence-corrected chi connectivity index (χ0v) is 13.4. The van der Waals surface area contributed by atoms with Gasteiger partial charge >= 0.3 is 0 Å². The second-order valence-corrected chi connectivity index (χ2v) is 5.60. The lowest BCUT2D eigenvalue weighted by molar-refractivity contribution is 0.0927. The fourth-order valence-corrected chi connectivity index (χ4v) is 2.54. The molecule has 0 saturated carbocycles. The highest BCUT2D eigenvalue weighted by Crippen LogP contribution is 2.18. The maximum atomic E-state index is 12.7. The normalized spacial score (nSPS) is 12.3. The van der Waals surface area contributed by atoms with Crippen molar-refractivity contribution in [3.63, 3.8) is 0 Å². The molecule has 0 bridgehead atoms. The Balaban J connectivity index is 1.89. The topological polar surface area (TPSA) is 72.2 Å². The Morgan fingerprint density at radius 1 is 1.26 bits per heavy atom. The van der Waals surface area contributed by atoms with E-state index >= 15 is 0 Å². The Bertz CT molecular complexity index is 838.